The van der Waals surface area contributed by atoms with Crippen LogP contribution in [0.2, 0.25) is 0 Å². The van der Waals surface area contributed by atoms with E-state index < -0.39 is 0 Å². The molecule has 2 rings (SSSR count). The number of methoxy groups -OCH3 is 1. The van der Waals surface area contributed by atoms with Crippen molar-refractivity contribution in [1.29, 1.82) is 0 Å². The minimum absolute atomic E-state index is 0.774. The molecule has 1 saturated carbocycles. The SMILES string of the molecule is CCNC1CCC(CCc2ccc(OC)cc2)C1. The van der Waals surface area contributed by atoms with E-state index in [1.165, 1.54) is 37.7 Å². The van der Waals surface area contributed by atoms with E-state index in [0.717, 1.165) is 24.3 Å². The molecule has 100 valence electrons. The van der Waals surface area contributed by atoms with Gasteiger partial charge in [-0.1, -0.05) is 19.1 Å². The fourth-order valence-corrected chi connectivity index (χ4v) is 2.97. The summed E-state index contributed by atoms with van der Waals surface area (Å²) in [6.45, 7) is 3.31. The van der Waals surface area contributed by atoms with Crippen LogP contribution in [-0.2, 0) is 6.42 Å². The third-order valence-corrected chi connectivity index (χ3v) is 4.03. The fraction of sp³-hybridized carbons (Fsp3) is 0.625. The number of rotatable bonds is 6. The highest BCUT2D eigenvalue weighted by molar-refractivity contribution is 5.27. The third kappa shape index (κ3) is 3.74. The van der Waals surface area contributed by atoms with Crippen molar-refractivity contribution in [3.05, 3.63) is 29.8 Å². The first kappa shape index (κ1) is 13.4. The molecule has 0 saturated heterocycles. The van der Waals surface area contributed by atoms with Gasteiger partial charge in [-0.2, -0.15) is 0 Å². The van der Waals surface area contributed by atoms with Crippen LogP contribution in [0, 0.1) is 5.92 Å². The molecule has 1 N–H and O–H groups in total. The molecule has 18 heavy (non-hydrogen) atoms. The molecule has 1 fully saturated rings. The molecule has 1 aliphatic carbocycles. The van der Waals surface area contributed by atoms with Crippen LogP contribution in [-0.4, -0.2) is 19.7 Å². The molecule has 2 atom stereocenters. The molecule has 1 aliphatic rings. The van der Waals surface area contributed by atoms with E-state index in [1.54, 1.807) is 7.11 Å². The van der Waals surface area contributed by atoms with Crippen molar-refractivity contribution in [2.75, 3.05) is 13.7 Å². The predicted octanol–water partition coefficient (Wildman–Crippen LogP) is 3.41. The number of hydrogen-bond acceptors (Lipinski definition) is 2. The Morgan fingerprint density at radius 2 is 2.00 bits per heavy atom. The number of nitrogens with one attached hydrogen (secondary N) is 1. The van der Waals surface area contributed by atoms with Crippen LogP contribution < -0.4 is 10.1 Å². The zero-order valence-electron chi connectivity index (χ0n) is 11.6. The monoisotopic (exact) mass is 247 g/mol. The standard InChI is InChI=1S/C16H25NO/c1-3-17-15-9-6-14(12-15)5-4-13-7-10-16(18-2)11-8-13/h7-8,10-11,14-15,17H,3-6,9,12H2,1-2H3. The van der Waals surface area contributed by atoms with Gasteiger partial charge in [-0.3, -0.25) is 0 Å². The van der Waals surface area contributed by atoms with Gasteiger partial charge in [-0.15, -0.1) is 0 Å². The van der Waals surface area contributed by atoms with Crippen LogP contribution in [0.25, 0.3) is 0 Å². The van der Waals surface area contributed by atoms with Crippen molar-refractivity contribution >= 4 is 0 Å². The average Bonchev–Trinajstić information content (AvgIpc) is 2.85. The second kappa shape index (κ2) is 6.79. The van der Waals surface area contributed by atoms with Gasteiger partial charge < -0.3 is 10.1 Å². The Hall–Kier alpha value is -1.02. The number of ether oxygens (including phenoxy) is 1. The van der Waals surface area contributed by atoms with Gasteiger partial charge in [-0.05, 0) is 62.3 Å². The van der Waals surface area contributed by atoms with Gasteiger partial charge in [0.2, 0.25) is 0 Å². The van der Waals surface area contributed by atoms with E-state index in [1.807, 2.05) is 0 Å². The van der Waals surface area contributed by atoms with E-state index >= 15 is 0 Å². The number of hydrogen-bond donors (Lipinski definition) is 1. The summed E-state index contributed by atoms with van der Waals surface area (Å²) < 4.78 is 5.18. The maximum atomic E-state index is 5.18. The maximum Gasteiger partial charge on any atom is 0.118 e. The summed E-state index contributed by atoms with van der Waals surface area (Å²) in [6.07, 6.45) is 6.65. The molecule has 0 radical (unpaired) electrons. The smallest absolute Gasteiger partial charge is 0.118 e. The lowest BCUT2D eigenvalue weighted by Gasteiger charge is -2.12. The second-order valence-electron chi connectivity index (χ2n) is 5.32. The van der Waals surface area contributed by atoms with Crippen LogP contribution in [0.4, 0.5) is 0 Å². The molecule has 0 heterocycles. The summed E-state index contributed by atoms with van der Waals surface area (Å²) in [5.74, 6) is 1.86. The van der Waals surface area contributed by atoms with Crippen molar-refractivity contribution in [1.82, 2.24) is 5.32 Å². The van der Waals surface area contributed by atoms with Gasteiger partial charge in [0, 0.05) is 6.04 Å². The molecule has 2 unspecified atom stereocenters. The molecule has 2 heteroatoms. The fourth-order valence-electron chi connectivity index (χ4n) is 2.97. The third-order valence-electron chi connectivity index (χ3n) is 4.03. The van der Waals surface area contributed by atoms with Gasteiger partial charge in [0.25, 0.3) is 0 Å². The summed E-state index contributed by atoms with van der Waals surface area (Å²) in [5.41, 5.74) is 1.43. The van der Waals surface area contributed by atoms with Gasteiger partial charge in [0.05, 0.1) is 7.11 Å². The van der Waals surface area contributed by atoms with Crippen molar-refractivity contribution < 1.29 is 4.74 Å². The molecule has 1 aromatic rings. The first-order chi connectivity index (χ1) is 8.81. The highest BCUT2D eigenvalue weighted by atomic mass is 16.5. The van der Waals surface area contributed by atoms with Crippen molar-refractivity contribution in [2.45, 2.75) is 45.1 Å². The van der Waals surface area contributed by atoms with E-state index in [0.29, 0.717) is 0 Å². The zero-order valence-corrected chi connectivity index (χ0v) is 11.6. The average molecular weight is 247 g/mol. The Labute approximate surface area is 111 Å². The predicted molar refractivity (Wildman–Crippen MR) is 76.1 cm³/mol. The van der Waals surface area contributed by atoms with E-state index in [4.69, 9.17) is 4.74 Å². The second-order valence-corrected chi connectivity index (χ2v) is 5.32. The van der Waals surface area contributed by atoms with Gasteiger partial charge in [0.15, 0.2) is 0 Å². The summed E-state index contributed by atoms with van der Waals surface area (Å²) in [4.78, 5) is 0. The summed E-state index contributed by atoms with van der Waals surface area (Å²) >= 11 is 0. The molecule has 0 bridgehead atoms. The summed E-state index contributed by atoms with van der Waals surface area (Å²) in [7, 11) is 1.72. The zero-order chi connectivity index (χ0) is 12.8. The lowest BCUT2D eigenvalue weighted by molar-refractivity contribution is 0.414. The van der Waals surface area contributed by atoms with Gasteiger partial charge in [-0.25, -0.2) is 0 Å². The lowest BCUT2D eigenvalue weighted by Crippen LogP contribution is -2.25. The van der Waals surface area contributed by atoms with Gasteiger partial charge >= 0.3 is 0 Å². The first-order valence-electron chi connectivity index (χ1n) is 7.18. The van der Waals surface area contributed by atoms with Crippen molar-refractivity contribution in [3.8, 4) is 5.75 Å². The van der Waals surface area contributed by atoms with E-state index in [-0.39, 0.29) is 0 Å². The van der Waals surface area contributed by atoms with Crippen LogP contribution in [0.15, 0.2) is 24.3 Å². The lowest BCUT2D eigenvalue weighted by atomic mass is 9.98. The van der Waals surface area contributed by atoms with Crippen LogP contribution in [0.5, 0.6) is 5.75 Å². The summed E-state index contributed by atoms with van der Waals surface area (Å²) in [5, 5.41) is 3.57. The maximum absolute atomic E-state index is 5.18. The van der Waals surface area contributed by atoms with E-state index in [9.17, 15) is 0 Å². The largest absolute Gasteiger partial charge is 0.497 e. The van der Waals surface area contributed by atoms with Crippen LogP contribution >= 0.6 is 0 Å². The molecule has 1 aromatic carbocycles. The van der Waals surface area contributed by atoms with Crippen LogP contribution in [0.1, 0.15) is 38.2 Å². The molecule has 0 aromatic heterocycles. The molecular weight excluding hydrogens is 222 g/mol. The normalized spacial score (nSPS) is 23.2. The number of benzene rings is 1. The first-order valence-corrected chi connectivity index (χ1v) is 7.18. The van der Waals surface area contributed by atoms with E-state index in [2.05, 4.69) is 36.5 Å². The minimum atomic E-state index is 0.774. The molecule has 2 nitrogen and oxygen atoms in total. The highest BCUT2D eigenvalue weighted by Crippen LogP contribution is 2.29. The van der Waals surface area contributed by atoms with Crippen molar-refractivity contribution in [2.24, 2.45) is 5.92 Å². The van der Waals surface area contributed by atoms with Crippen LogP contribution in [0.3, 0.4) is 0 Å². The Bertz CT molecular complexity index is 347. The molecule has 0 spiro atoms. The Morgan fingerprint density at radius 1 is 1.22 bits per heavy atom. The quantitative estimate of drug-likeness (QED) is 0.832. The summed E-state index contributed by atoms with van der Waals surface area (Å²) in [6, 6.07) is 9.28. The Morgan fingerprint density at radius 3 is 2.67 bits per heavy atom. The topological polar surface area (TPSA) is 21.3 Å². The highest BCUT2D eigenvalue weighted by Gasteiger charge is 2.23. The molecule has 0 aliphatic heterocycles. The molecular formula is C16H25NO. The van der Waals surface area contributed by atoms with Gasteiger partial charge in [0.1, 0.15) is 5.75 Å². The number of aryl methyl sites for hydroxylation is 1. The molecule has 0 amide bonds. The minimum Gasteiger partial charge on any atom is -0.497 e. The Kier molecular flexibility index (Phi) is 5.06. The Balaban J connectivity index is 1.74. The van der Waals surface area contributed by atoms with Crippen molar-refractivity contribution in [3.63, 3.8) is 0 Å².